The molecule has 1 aliphatic carbocycles. The van der Waals surface area contributed by atoms with Crippen LogP contribution >= 0.6 is 0 Å². The lowest BCUT2D eigenvalue weighted by atomic mass is 9.80. The lowest BCUT2D eigenvalue weighted by Gasteiger charge is -2.41. The predicted octanol–water partition coefficient (Wildman–Crippen LogP) is 3.06. The van der Waals surface area contributed by atoms with Gasteiger partial charge in [0.15, 0.2) is 0 Å². The van der Waals surface area contributed by atoms with Gasteiger partial charge in [-0.3, -0.25) is 4.79 Å². The first-order chi connectivity index (χ1) is 8.69. The fraction of sp³-hybridized carbons (Fsp3) is 0.867. The molecule has 1 rings (SSSR count). The largest absolute Gasteiger partial charge is 0.479 e. The first-order valence-electron chi connectivity index (χ1n) is 7.19. The van der Waals surface area contributed by atoms with Gasteiger partial charge in [-0.05, 0) is 24.7 Å². The van der Waals surface area contributed by atoms with Gasteiger partial charge in [0.25, 0.3) is 0 Å². The minimum absolute atomic E-state index is 0.0424. The molecular formula is C15H27NO3. The highest BCUT2D eigenvalue weighted by Crippen LogP contribution is 2.34. The van der Waals surface area contributed by atoms with E-state index in [0.717, 1.165) is 25.7 Å². The van der Waals surface area contributed by atoms with E-state index in [0.29, 0.717) is 19.3 Å². The molecule has 0 bridgehead atoms. The number of hydrogen-bond donors (Lipinski definition) is 1. The summed E-state index contributed by atoms with van der Waals surface area (Å²) in [5.41, 5.74) is -0.868. The smallest absolute Gasteiger partial charge is 0.329 e. The van der Waals surface area contributed by atoms with Crippen LogP contribution in [0.2, 0.25) is 0 Å². The lowest BCUT2D eigenvalue weighted by molar-refractivity contribution is -0.160. The van der Waals surface area contributed by atoms with Crippen molar-refractivity contribution in [3.8, 4) is 0 Å². The van der Waals surface area contributed by atoms with Crippen molar-refractivity contribution in [2.24, 2.45) is 5.41 Å². The van der Waals surface area contributed by atoms with Gasteiger partial charge in [0, 0.05) is 13.5 Å². The Balaban J connectivity index is 2.74. The summed E-state index contributed by atoms with van der Waals surface area (Å²) >= 11 is 0. The van der Waals surface area contributed by atoms with Gasteiger partial charge in [-0.25, -0.2) is 4.79 Å². The Labute approximate surface area is 116 Å². The number of likely N-dealkylation sites (N-methyl/N-ethyl adjacent to an activating group) is 1. The third-order valence-electron chi connectivity index (χ3n) is 4.18. The molecule has 0 aromatic rings. The van der Waals surface area contributed by atoms with Gasteiger partial charge >= 0.3 is 5.97 Å². The van der Waals surface area contributed by atoms with Crippen LogP contribution in [0.15, 0.2) is 0 Å². The highest BCUT2D eigenvalue weighted by atomic mass is 16.4. The predicted molar refractivity (Wildman–Crippen MR) is 74.9 cm³/mol. The number of hydrogen-bond acceptors (Lipinski definition) is 2. The Morgan fingerprint density at radius 1 is 1.16 bits per heavy atom. The first kappa shape index (κ1) is 16.0. The highest BCUT2D eigenvalue weighted by Gasteiger charge is 2.45. The number of nitrogens with zero attached hydrogens (tertiary/aromatic N) is 1. The quantitative estimate of drug-likeness (QED) is 0.853. The molecule has 0 radical (unpaired) electrons. The summed E-state index contributed by atoms with van der Waals surface area (Å²) in [5, 5.41) is 9.54. The molecule has 4 nitrogen and oxygen atoms in total. The van der Waals surface area contributed by atoms with Crippen LogP contribution in [0, 0.1) is 5.41 Å². The van der Waals surface area contributed by atoms with Crippen LogP contribution < -0.4 is 0 Å². The van der Waals surface area contributed by atoms with Gasteiger partial charge in [-0.2, -0.15) is 0 Å². The topological polar surface area (TPSA) is 57.6 Å². The monoisotopic (exact) mass is 269 g/mol. The molecule has 1 aliphatic rings. The van der Waals surface area contributed by atoms with E-state index in [1.165, 1.54) is 4.90 Å². The van der Waals surface area contributed by atoms with Gasteiger partial charge in [-0.1, -0.05) is 40.0 Å². The second kappa shape index (κ2) is 5.93. The van der Waals surface area contributed by atoms with Crippen molar-refractivity contribution in [3.05, 3.63) is 0 Å². The van der Waals surface area contributed by atoms with Crippen LogP contribution in [0.1, 0.15) is 65.7 Å². The van der Waals surface area contributed by atoms with Crippen LogP contribution in [0.25, 0.3) is 0 Å². The molecule has 1 amide bonds. The zero-order valence-corrected chi connectivity index (χ0v) is 12.7. The lowest BCUT2D eigenvalue weighted by Crippen LogP contribution is -2.56. The molecule has 1 N–H and O–H groups in total. The Hall–Kier alpha value is -1.06. The number of carbonyl (C=O) groups excluding carboxylic acids is 1. The van der Waals surface area contributed by atoms with Crippen LogP contribution in [0.4, 0.5) is 0 Å². The van der Waals surface area contributed by atoms with Crippen molar-refractivity contribution in [1.29, 1.82) is 0 Å². The second-order valence-corrected chi connectivity index (χ2v) is 6.91. The molecule has 1 saturated carbocycles. The minimum atomic E-state index is -0.965. The molecule has 0 aromatic heterocycles. The van der Waals surface area contributed by atoms with E-state index < -0.39 is 11.5 Å². The summed E-state index contributed by atoms with van der Waals surface area (Å²) in [5.74, 6) is -0.891. The zero-order chi connectivity index (χ0) is 14.7. The van der Waals surface area contributed by atoms with E-state index in [9.17, 15) is 14.7 Å². The van der Waals surface area contributed by atoms with E-state index in [-0.39, 0.29) is 11.3 Å². The molecule has 19 heavy (non-hydrogen) atoms. The Morgan fingerprint density at radius 2 is 1.68 bits per heavy atom. The number of rotatable bonds is 4. The van der Waals surface area contributed by atoms with Gasteiger partial charge in [0.2, 0.25) is 5.91 Å². The van der Waals surface area contributed by atoms with E-state index in [4.69, 9.17) is 0 Å². The SMILES string of the molecule is CN(C(=O)CCC(C)(C)C)C1(C(=O)O)CCCCC1. The Morgan fingerprint density at radius 3 is 2.11 bits per heavy atom. The van der Waals surface area contributed by atoms with Gasteiger partial charge in [-0.15, -0.1) is 0 Å². The molecule has 1 fully saturated rings. The third-order valence-corrected chi connectivity index (χ3v) is 4.18. The fourth-order valence-electron chi connectivity index (χ4n) is 2.72. The summed E-state index contributed by atoms with van der Waals surface area (Å²) in [6.07, 6.45) is 5.23. The van der Waals surface area contributed by atoms with Gasteiger partial charge < -0.3 is 10.0 Å². The molecular weight excluding hydrogens is 242 g/mol. The average Bonchev–Trinajstić information content (AvgIpc) is 2.34. The fourth-order valence-corrected chi connectivity index (χ4v) is 2.72. The number of carbonyl (C=O) groups is 2. The van der Waals surface area contributed by atoms with Gasteiger partial charge in [0.05, 0.1) is 0 Å². The first-order valence-corrected chi connectivity index (χ1v) is 7.19. The minimum Gasteiger partial charge on any atom is -0.479 e. The number of aliphatic carboxylic acids is 1. The molecule has 110 valence electrons. The van der Waals surface area contributed by atoms with Gasteiger partial charge in [0.1, 0.15) is 5.54 Å². The Bertz CT molecular complexity index is 338. The average molecular weight is 269 g/mol. The maximum Gasteiger partial charge on any atom is 0.329 e. The summed E-state index contributed by atoms with van der Waals surface area (Å²) in [6.45, 7) is 6.27. The van der Waals surface area contributed by atoms with Crippen LogP contribution in [0.5, 0.6) is 0 Å². The maximum absolute atomic E-state index is 12.3. The number of carboxylic acid groups (broad SMARTS) is 1. The molecule has 4 heteroatoms. The summed E-state index contributed by atoms with van der Waals surface area (Å²) in [7, 11) is 1.66. The maximum atomic E-state index is 12.3. The second-order valence-electron chi connectivity index (χ2n) is 6.91. The summed E-state index contributed by atoms with van der Waals surface area (Å²) in [4.78, 5) is 25.4. The van der Waals surface area contributed by atoms with Crippen molar-refractivity contribution in [1.82, 2.24) is 4.90 Å². The van der Waals surface area contributed by atoms with Crippen LogP contribution in [0.3, 0.4) is 0 Å². The standard InChI is InChI=1S/C15H27NO3/c1-14(2,3)11-8-12(17)16(4)15(13(18)19)9-6-5-7-10-15/h5-11H2,1-4H3,(H,18,19). The van der Waals surface area contributed by atoms with Crippen molar-refractivity contribution in [2.45, 2.75) is 71.3 Å². The zero-order valence-electron chi connectivity index (χ0n) is 12.7. The van der Waals surface area contributed by atoms with E-state index >= 15 is 0 Å². The van der Waals surface area contributed by atoms with E-state index in [1.54, 1.807) is 7.05 Å². The van der Waals surface area contributed by atoms with E-state index in [2.05, 4.69) is 20.8 Å². The number of amides is 1. The third kappa shape index (κ3) is 3.95. The molecule has 0 atom stereocenters. The molecule has 0 unspecified atom stereocenters. The normalized spacial score (nSPS) is 18.9. The van der Waals surface area contributed by atoms with Crippen molar-refractivity contribution >= 4 is 11.9 Å². The van der Waals surface area contributed by atoms with Crippen molar-refractivity contribution < 1.29 is 14.7 Å². The van der Waals surface area contributed by atoms with Crippen LogP contribution in [-0.2, 0) is 9.59 Å². The van der Waals surface area contributed by atoms with Crippen molar-refractivity contribution in [3.63, 3.8) is 0 Å². The summed E-state index contributed by atoms with van der Waals surface area (Å²) < 4.78 is 0. The molecule has 0 saturated heterocycles. The molecule has 0 heterocycles. The molecule has 0 aliphatic heterocycles. The molecule has 0 aromatic carbocycles. The summed E-state index contributed by atoms with van der Waals surface area (Å²) in [6, 6.07) is 0. The highest BCUT2D eigenvalue weighted by molar-refractivity contribution is 5.87. The molecule has 0 spiro atoms. The number of carboxylic acids is 1. The van der Waals surface area contributed by atoms with E-state index in [1.807, 2.05) is 0 Å². The Kier molecular flexibility index (Phi) is 4.99. The van der Waals surface area contributed by atoms with Crippen LogP contribution in [-0.4, -0.2) is 34.5 Å². The van der Waals surface area contributed by atoms with Crippen molar-refractivity contribution in [2.75, 3.05) is 7.05 Å².